The maximum absolute atomic E-state index is 12.9. The highest BCUT2D eigenvalue weighted by Gasteiger charge is 2.68. The molecule has 1 heterocycles. The van der Waals surface area contributed by atoms with E-state index in [9.17, 15) is 4.79 Å². The lowest BCUT2D eigenvalue weighted by molar-refractivity contribution is -0.199. The van der Waals surface area contributed by atoms with E-state index in [2.05, 4.69) is 39.9 Å². The van der Waals surface area contributed by atoms with E-state index in [0.717, 1.165) is 18.4 Å². The van der Waals surface area contributed by atoms with E-state index < -0.39 is 13.2 Å². The number of benzene rings is 1. The van der Waals surface area contributed by atoms with Crippen LogP contribution in [0.5, 0.6) is 0 Å². The van der Waals surface area contributed by atoms with Crippen molar-refractivity contribution in [3.8, 4) is 0 Å². The van der Waals surface area contributed by atoms with Gasteiger partial charge in [-0.3, -0.25) is 4.79 Å². The number of carbonyl (C=O) groups is 1. The van der Waals surface area contributed by atoms with Crippen molar-refractivity contribution in [3.63, 3.8) is 0 Å². The molecule has 2 bridgehead atoms. The lowest BCUT2D eigenvalue weighted by Crippen LogP contribution is -2.65. The van der Waals surface area contributed by atoms with Gasteiger partial charge in [-0.1, -0.05) is 58.0 Å². The van der Waals surface area contributed by atoms with Crippen molar-refractivity contribution in [2.75, 3.05) is 0 Å². The van der Waals surface area contributed by atoms with Crippen LogP contribution in [-0.2, 0) is 20.5 Å². The summed E-state index contributed by atoms with van der Waals surface area (Å²) in [5, 5.41) is 3.17. The van der Waals surface area contributed by atoms with Gasteiger partial charge in [0.25, 0.3) is 0 Å². The van der Waals surface area contributed by atoms with Crippen LogP contribution in [0.25, 0.3) is 0 Å². The first-order valence-corrected chi connectivity index (χ1v) is 11.5. The Labute approximate surface area is 193 Å². The van der Waals surface area contributed by atoms with Gasteiger partial charge < -0.3 is 20.4 Å². The van der Waals surface area contributed by atoms with Gasteiger partial charge in [-0.2, -0.15) is 0 Å². The van der Waals surface area contributed by atoms with Crippen LogP contribution < -0.4 is 11.1 Å². The van der Waals surface area contributed by atoms with Crippen molar-refractivity contribution >= 4 is 25.4 Å². The van der Waals surface area contributed by atoms with E-state index in [-0.39, 0.29) is 36.0 Å². The molecule has 3 aliphatic carbocycles. The van der Waals surface area contributed by atoms with Crippen LogP contribution in [0.2, 0.25) is 0 Å². The minimum Gasteiger partial charge on any atom is -0.404 e. The minimum absolute atomic E-state index is 0. The van der Waals surface area contributed by atoms with Gasteiger partial charge in [-0.05, 0) is 61.3 Å². The molecule has 6 atom stereocenters. The van der Waals surface area contributed by atoms with E-state index >= 15 is 0 Å². The molecule has 1 aliphatic heterocycles. The van der Waals surface area contributed by atoms with Gasteiger partial charge in [0.15, 0.2) is 0 Å². The van der Waals surface area contributed by atoms with Crippen molar-refractivity contribution < 1.29 is 14.1 Å². The zero-order valence-electron chi connectivity index (χ0n) is 19.5. The zero-order chi connectivity index (χ0) is 21.7. The van der Waals surface area contributed by atoms with Gasteiger partial charge in [-0.15, -0.1) is 12.4 Å². The van der Waals surface area contributed by atoms with Gasteiger partial charge in [0.2, 0.25) is 5.91 Å². The average Bonchev–Trinajstić information content (AvgIpc) is 3.04. The number of hydrogen-bond acceptors (Lipinski definition) is 4. The van der Waals surface area contributed by atoms with Crippen LogP contribution in [0.1, 0.15) is 59.4 Å². The molecule has 5 rings (SSSR count). The summed E-state index contributed by atoms with van der Waals surface area (Å²) >= 11 is 0. The van der Waals surface area contributed by atoms with Gasteiger partial charge in [0, 0.05) is 0 Å². The molecule has 4 aliphatic rings. The summed E-state index contributed by atoms with van der Waals surface area (Å²) in [6.45, 7) is 11.3. The van der Waals surface area contributed by atoms with Gasteiger partial charge in [0.05, 0.1) is 23.7 Å². The smallest absolute Gasteiger partial charge is 0.404 e. The Bertz CT molecular complexity index is 777. The highest BCUT2D eigenvalue weighted by Crippen LogP contribution is 2.65. The van der Waals surface area contributed by atoms with Crippen LogP contribution >= 0.6 is 12.4 Å². The quantitative estimate of drug-likeness (QED) is 0.623. The zero-order valence-corrected chi connectivity index (χ0v) is 20.3. The molecule has 0 radical (unpaired) electrons. The first kappa shape index (κ1) is 24.6. The van der Waals surface area contributed by atoms with Crippen molar-refractivity contribution in [1.29, 1.82) is 0 Å². The number of rotatable bonds is 7. The van der Waals surface area contributed by atoms with E-state index in [4.69, 9.17) is 15.0 Å². The molecular formula is C24H38BClN2O3. The Balaban J connectivity index is 0.00000272. The van der Waals surface area contributed by atoms with Crippen molar-refractivity contribution in [1.82, 2.24) is 5.32 Å². The number of nitrogens with one attached hydrogen (secondary N) is 1. The van der Waals surface area contributed by atoms with Crippen LogP contribution in [0, 0.1) is 23.2 Å². The summed E-state index contributed by atoms with van der Waals surface area (Å²) in [7, 11) is -0.412. The third-order valence-corrected chi connectivity index (χ3v) is 7.99. The number of amides is 1. The van der Waals surface area contributed by atoms with Crippen LogP contribution in [0.4, 0.5) is 0 Å². The largest absolute Gasteiger partial charge is 0.481 e. The highest BCUT2D eigenvalue weighted by atomic mass is 35.5. The molecule has 1 aromatic rings. The molecule has 3 saturated carbocycles. The first-order valence-electron chi connectivity index (χ1n) is 11.5. The van der Waals surface area contributed by atoms with E-state index in [0.29, 0.717) is 29.6 Å². The summed E-state index contributed by atoms with van der Waals surface area (Å²) in [6, 6.07) is 9.32. The fourth-order valence-corrected chi connectivity index (χ4v) is 6.07. The molecule has 0 spiro atoms. The van der Waals surface area contributed by atoms with Gasteiger partial charge >= 0.3 is 7.12 Å². The Morgan fingerprint density at radius 2 is 1.90 bits per heavy atom. The number of carbonyl (C=O) groups excluding carboxylic acids is 1. The van der Waals surface area contributed by atoms with E-state index in [1.165, 1.54) is 6.42 Å². The summed E-state index contributed by atoms with van der Waals surface area (Å²) < 4.78 is 13.1. The van der Waals surface area contributed by atoms with Crippen molar-refractivity contribution in [2.24, 2.45) is 28.9 Å². The molecule has 3 N–H and O–H groups in total. The van der Waals surface area contributed by atoms with Gasteiger partial charge in [-0.25, -0.2) is 0 Å². The fourth-order valence-electron chi connectivity index (χ4n) is 6.07. The van der Waals surface area contributed by atoms with Crippen LogP contribution in [-0.4, -0.2) is 36.7 Å². The highest BCUT2D eigenvalue weighted by molar-refractivity contribution is 6.47. The van der Waals surface area contributed by atoms with Gasteiger partial charge in [0.1, 0.15) is 0 Å². The molecular weight excluding hydrogens is 411 g/mol. The topological polar surface area (TPSA) is 73.6 Å². The molecule has 1 saturated heterocycles. The number of halogens is 1. The standard InChI is InChI=1S/C24H37BN2O3.ClH/c1-15(2)11-21(27-22(28)18(26)12-16-9-7-6-8-10-16)25-29-20-14-17-13-19(23(17,3)4)24(20,5)30-25;/h6-10,15,17-21H,11-14,26H2,1-5H3,(H,27,28);1H. The average molecular weight is 449 g/mol. The third kappa shape index (κ3) is 4.54. The molecule has 1 amide bonds. The van der Waals surface area contributed by atoms with Crippen LogP contribution in [0.15, 0.2) is 30.3 Å². The first-order chi connectivity index (χ1) is 14.1. The molecule has 172 valence electrons. The molecule has 7 heteroatoms. The Hall–Kier alpha value is -1.08. The molecule has 4 fully saturated rings. The van der Waals surface area contributed by atoms with E-state index in [1.807, 2.05) is 30.3 Å². The second kappa shape index (κ2) is 9.05. The summed E-state index contributed by atoms with van der Waals surface area (Å²) in [6.07, 6.45) is 3.70. The summed E-state index contributed by atoms with van der Waals surface area (Å²) in [5.41, 5.74) is 7.34. The second-order valence-electron chi connectivity index (χ2n) is 10.9. The lowest BCUT2D eigenvalue weighted by atomic mass is 9.43. The number of nitrogens with two attached hydrogens (primary N) is 1. The maximum atomic E-state index is 12.9. The predicted molar refractivity (Wildman–Crippen MR) is 127 cm³/mol. The number of hydrogen-bond donors (Lipinski definition) is 2. The van der Waals surface area contributed by atoms with Crippen molar-refractivity contribution in [3.05, 3.63) is 35.9 Å². The normalized spacial score (nSPS) is 32.5. The second-order valence-corrected chi connectivity index (χ2v) is 10.9. The Morgan fingerprint density at radius 3 is 2.52 bits per heavy atom. The summed E-state index contributed by atoms with van der Waals surface area (Å²) in [4.78, 5) is 12.9. The minimum atomic E-state index is -0.590. The molecule has 31 heavy (non-hydrogen) atoms. The van der Waals surface area contributed by atoms with E-state index in [1.54, 1.807) is 0 Å². The molecule has 5 nitrogen and oxygen atoms in total. The predicted octanol–water partition coefficient (Wildman–Crippen LogP) is 3.78. The molecule has 1 aromatic carbocycles. The fraction of sp³-hybridized carbons (Fsp3) is 0.708. The van der Waals surface area contributed by atoms with Crippen LogP contribution in [0.3, 0.4) is 0 Å². The SMILES string of the molecule is CC(C)CC(NC(=O)C(N)Cc1ccccc1)B1OC2CC3CC(C3(C)C)C2(C)O1.Cl. The van der Waals surface area contributed by atoms with Crippen molar-refractivity contribution in [2.45, 2.75) is 84.0 Å². The Kier molecular flexibility index (Phi) is 7.17. The third-order valence-electron chi connectivity index (χ3n) is 7.99. The lowest BCUT2D eigenvalue weighted by Gasteiger charge is -2.64. The molecule has 0 aromatic heterocycles. The maximum Gasteiger partial charge on any atom is 0.481 e. The Morgan fingerprint density at radius 1 is 1.23 bits per heavy atom. The monoisotopic (exact) mass is 448 g/mol. The summed E-state index contributed by atoms with van der Waals surface area (Å²) in [5.74, 6) is 1.30. The molecule has 6 unspecified atom stereocenters.